The van der Waals surface area contributed by atoms with Gasteiger partial charge in [0.05, 0.1) is 6.04 Å². The molecule has 0 spiro atoms. The normalized spacial score (nSPS) is 25.0. The quantitative estimate of drug-likeness (QED) is 0.820. The van der Waals surface area contributed by atoms with Gasteiger partial charge < -0.3 is 5.32 Å². The smallest absolute Gasteiger partial charge is 0.180 e. The van der Waals surface area contributed by atoms with Crippen LogP contribution in [0.3, 0.4) is 0 Å². The minimum atomic E-state index is 0.0421. The predicted molar refractivity (Wildman–Crippen MR) is 63.7 cm³/mol. The number of nitrogens with one attached hydrogen (secondary N) is 1. The van der Waals surface area contributed by atoms with Crippen molar-refractivity contribution in [2.24, 2.45) is 0 Å². The Hall–Kier alpha value is -1.15. The molecule has 0 bridgehead atoms. The largest absolute Gasteiger partial charge is 0.304 e. The van der Waals surface area contributed by atoms with Crippen LogP contribution < -0.4 is 5.32 Å². The highest BCUT2D eigenvalue weighted by atomic mass is 16.1. The number of ketones is 1. The van der Waals surface area contributed by atoms with E-state index in [9.17, 15) is 4.79 Å². The van der Waals surface area contributed by atoms with Crippen molar-refractivity contribution in [1.82, 2.24) is 5.32 Å². The Labute approximate surface area is 96.1 Å². The summed E-state index contributed by atoms with van der Waals surface area (Å²) in [6, 6.07) is 8.61. The van der Waals surface area contributed by atoms with Crippen molar-refractivity contribution in [2.75, 3.05) is 0 Å². The van der Waals surface area contributed by atoms with Gasteiger partial charge >= 0.3 is 0 Å². The summed E-state index contributed by atoms with van der Waals surface area (Å²) in [7, 11) is 0. The Morgan fingerprint density at radius 2 is 1.88 bits per heavy atom. The van der Waals surface area contributed by atoms with Crippen LogP contribution in [0.15, 0.2) is 24.3 Å². The highest BCUT2D eigenvalue weighted by Crippen LogP contribution is 2.25. The molecule has 1 aromatic carbocycles. The summed E-state index contributed by atoms with van der Waals surface area (Å²) in [5.41, 5.74) is 2.14. The van der Waals surface area contributed by atoms with E-state index in [2.05, 4.69) is 11.4 Å². The van der Waals surface area contributed by atoms with E-state index < -0.39 is 0 Å². The third kappa shape index (κ3) is 1.67. The molecule has 0 aliphatic heterocycles. The number of hydrogen-bond donors (Lipinski definition) is 1. The number of hydrogen-bond acceptors (Lipinski definition) is 2. The minimum Gasteiger partial charge on any atom is -0.304 e. The Kier molecular flexibility index (Phi) is 2.52. The van der Waals surface area contributed by atoms with Gasteiger partial charge in [-0.05, 0) is 24.8 Å². The number of carbonyl (C=O) groups is 1. The van der Waals surface area contributed by atoms with E-state index in [1.807, 2.05) is 18.2 Å². The fourth-order valence-electron chi connectivity index (χ4n) is 2.95. The summed E-state index contributed by atoms with van der Waals surface area (Å²) >= 11 is 0. The minimum absolute atomic E-state index is 0.0421. The van der Waals surface area contributed by atoms with Gasteiger partial charge in [-0.1, -0.05) is 37.1 Å². The van der Waals surface area contributed by atoms with E-state index in [0.717, 1.165) is 12.0 Å². The molecule has 2 nitrogen and oxygen atoms in total. The summed E-state index contributed by atoms with van der Waals surface area (Å²) in [5.74, 6) is 0.294. The van der Waals surface area contributed by atoms with Crippen LogP contribution in [-0.4, -0.2) is 17.9 Å². The maximum atomic E-state index is 12.1. The zero-order valence-corrected chi connectivity index (χ0v) is 9.41. The molecule has 0 aromatic heterocycles. The van der Waals surface area contributed by atoms with Gasteiger partial charge in [-0.3, -0.25) is 4.79 Å². The van der Waals surface area contributed by atoms with Gasteiger partial charge in [0.2, 0.25) is 0 Å². The van der Waals surface area contributed by atoms with Crippen LogP contribution >= 0.6 is 0 Å². The fraction of sp³-hybridized carbons (Fsp3) is 0.500. The standard InChI is InChI=1S/C14H17NO/c16-14-12-8-4-1-5-10(12)9-13(14)15-11-6-2-3-7-11/h1,4-5,8,11,13,15H,2-3,6-7,9H2. The third-order valence-corrected chi connectivity index (χ3v) is 3.82. The molecule has 1 unspecified atom stereocenters. The molecule has 3 rings (SSSR count). The number of Topliss-reactive ketones (excluding diaryl/α,β-unsaturated/α-hetero) is 1. The second-order valence-corrected chi connectivity index (χ2v) is 4.93. The lowest BCUT2D eigenvalue weighted by atomic mass is 10.1. The molecule has 2 aliphatic rings. The SMILES string of the molecule is O=C1c2ccccc2CC1NC1CCCC1. The lowest BCUT2D eigenvalue weighted by molar-refractivity contribution is 0.0951. The Bertz CT molecular complexity index is 407. The van der Waals surface area contributed by atoms with Crippen molar-refractivity contribution in [3.8, 4) is 0 Å². The second-order valence-electron chi connectivity index (χ2n) is 4.93. The summed E-state index contributed by atoms with van der Waals surface area (Å²) < 4.78 is 0. The van der Waals surface area contributed by atoms with Crippen molar-refractivity contribution in [3.05, 3.63) is 35.4 Å². The topological polar surface area (TPSA) is 29.1 Å². The van der Waals surface area contributed by atoms with Crippen LogP contribution in [0.2, 0.25) is 0 Å². The molecule has 1 saturated carbocycles. The molecule has 0 saturated heterocycles. The van der Waals surface area contributed by atoms with E-state index in [1.54, 1.807) is 0 Å². The molecule has 1 aromatic rings. The van der Waals surface area contributed by atoms with E-state index in [0.29, 0.717) is 11.8 Å². The molecule has 2 heteroatoms. The Balaban J connectivity index is 1.74. The van der Waals surface area contributed by atoms with Gasteiger partial charge in [-0.2, -0.15) is 0 Å². The van der Waals surface area contributed by atoms with Gasteiger partial charge in [0, 0.05) is 11.6 Å². The van der Waals surface area contributed by atoms with Crippen LogP contribution in [0.5, 0.6) is 0 Å². The molecular formula is C14H17NO. The first-order valence-electron chi connectivity index (χ1n) is 6.23. The van der Waals surface area contributed by atoms with Crippen molar-refractivity contribution in [1.29, 1.82) is 0 Å². The maximum Gasteiger partial charge on any atom is 0.180 e. The van der Waals surface area contributed by atoms with Gasteiger partial charge in [-0.15, -0.1) is 0 Å². The summed E-state index contributed by atoms with van der Waals surface area (Å²) in [4.78, 5) is 12.1. The average Bonchev–Trinajstić information content (AvgIpc) is 2.90. The first-order chi connectivity index (χ1) is 7.84. The molecule has 1 N–H and O–H groups in total. The Morgan fingerprint density at radius 3 is 2.62 bits per heavy atom. The van der Waals surface area contributed by atoms with Gasteiger partial charge in [0.25, 0.3) is 0 Å². The summed E-state index contributed by atoms with van der Waals surface area (Å²) in [6.45, 7) is 0. The van der Waals surface area contributed by atoms with E-state index in [1.165, 1.54) is 31.2 Å². The van der Waals surface area contributed by atoms with Gasteiger partial charge in [-0.25, -0.2) is 0 Å². The molecular weight excluding hydrogens is 198 g/mol. The fourth-order valence-corrected chi connectivity index (χ4v) is 2.95. The highest BCUT2D eigenvalue weighted by molar-refractivity contribution is 6.04. The number of carbonyl (C=O) groups excluding carboxylic acids is 1. The zero-order valence-electron chi connectivity index (χ0n) is 9.41. The second kappa shape index (κ2) is 4.02. The van der Waals surface area contributed by atoms with E-state index in [-0.39, 0.29) is 6.04 Å². The molecule has 0 radical (unpaired) electrons. The van der Waals surface area contributed by atoms with Crippen molar-refractivity contribution >= 4 is 5.78 Å². The summed E-state index contributed by atoms with van der Waals surface area (Å²) in [5, 5.41) is 3.52. The van der Waals surface area contributed by atoms with Crippen LogP contribution in [0.4, 0.5) is 0 Å². The number of fused-ring (bicyclic) bond motifs is 1. The molecule has 84 valence electrons. The first-order valence-corrected chi connectivity index (χ1v) is 6.23. The predicted octanol–water partition coefficient (Wildman–Crippen LogP) is 2.33. The summed E-state index contributed by atoms with van der Waals surface area (Å²) in [6.07, 6.45) is 5.98. The van der Waals surface area contributed by atoms with Gasteiger partial charge in [0.15, 0.2) is 5.78 Å². The Morgan fingerprint density at radius 1 is 1.12 bits per heavy atom. The lowest BCUT2D eigenvalue weighted by Crippen LogP contribution is -2.40. The van der Waals surface area contributed by atoms with Crippen LogP contribution in [-0.2, 0) is 6.42 Å². The van der Waals surface area contributed by atoms with Crippen molar-refractivity contribution in [2.45, 2.75) is 44.2 Å². The monoisotopic (exact) mass is 215 g/mol. The van der Waals surface area contributed by atoms with Crippen LogP contribution in [0.25, 0.3) is 0 Å². The van der Waals surface area contributed by atoms with Crippen LogP contribution in [0, 0.1) is 0 Å². The number of benzene rings is 1. The maximum absolute atomic E-state index is 12.1. The number of rotatable bonds is 2. The van der Waals surface area contributed by atoms with E-state index in [4.69, 9.17) is 0 Å². The molecule has 16 heavy (non-hydrogen) atoms. The third-order valence-electron chi connectivity index (χ3n) is 3.82. The van der Waals surface area contributed by atoms with E-state index >= 15 is 0 Å². The van der Waals surface area contributed by atoms with Crippen molar-refractivity contribution < 1.29 is 4.79 Å². The molecule has 0 amide bonds. The van der Waals surface area contributed by atoms with Crippen molar-refractivity contribution in [3.63, 3.8) is 0 Å². The lowest BCUT2D eigenvalue weighted by Gasteiger charge is -2.16. The molecule has 0 heterocycles. The van der Waals surface area contributed by atoms with Gasteiger partial charge in [0.1, 0.15) is 0 Å². The van der Waals surface area contributed by atoms with Crippen LogP contribution in [0.1, 0.15) is 41.6 Å². The average molecular weight is 215 g/mol. The first kappa shape index (κ1) is 10.0. The zero-order chi connectivity index (χ0) is 11.0. The molecule has 1 fully saturated rings. The highest BCUT2D eigenvalue weighted by Gasteiger charge is 2.31. The molecule has 2 aliphatic carbocycles. The molecule has 1 atom stereocenters.